The van der Waals surface area contributed by atoms with Crippen LogP contribution in [-0.4, -0.2) is 9.76 Å². The second kappa shape index (κ2) is 6.68. The highest BCUT2D eigenvalue weighted by Crippen LogP contribution is 2.08. The number of para-hydroxylation sites is 1. The fourth-order valence-electron chi connectivity index (χ4n) is 1.37. The smallest absolute Gasteiger partial charge is 0.248 e. The van der Waals surface area contributed by atoms with Crippen molar-refractivity contribution in [3.63, 3.8) is 0 Å². The van der Waals surface area contributed by atoms with Crippen LogP contribution >= 0.6 is 0 Å². The molecule has 0 radical (unpaired) electrons. The Morgan fingerprint density at radius 3 is 2.18 bits per heavy atom. The standard InChI is InChI=1S/C14H14O2Si/c1-3-7-13(8-4-1)11-12-17-16-15-14-9-5-2-6-10-14/h1-12H,17H2. The third-order valence-electron chi connectivity index (χ3n) is 2.17. The van der Waals surface area contributed by atoms with Crippen LogP contribution in [0.3, 0.4) is 0 Å². The molecule has 0 amide bonds. The van der Waals surface area contributed by atoms with Gasteiger partial charge in [0.2, 0.25) is 9.76 Å². The minimum absolute atomic E-state index is 0.744. The lowest BCUT2D eigenvalue weighted by Crippen LogP contribution is -2.00. The molecule has 2 aromatic rings. The van der Waals surface area contributed by atoms with Crippen molar-refractivity contribution in [2.75, 3.05) is 0 Å². The van der Waals surface area contributed by atoms with Crippen molar-refractivity contribution in [1.82, 2.24) is 0 Å². The molecule has 2 rings (SSSR count). The van der Waals surface area contributed by atoms with E-state index in [1.165, 1.54) is 5.56 Å². The molecule has 0 heterocycles. The largest absolute Gasteiger partial charge is 0.350 e. The highest BCUT2D eigenvalue weighted by atomic mass is 28.2. The van der Waals surface area contributed by atoms with E-state index in [-0.39, 0.29) is 0 Å². The molecule has 0 spiro atoms. The van der Waals surface area contributed by atoms with E-state index in [0.29, 0.717) is 0 Å². The summed E-state index contributed by atoms with van der Waals surface area (Å²) in [5, 5.41) is 0. The van der Waals surface area contributed by atoms with Gasteiger partial charge in [0.25, 0.3) is 0 Å². The summed E-state index contributed by atoms with van der Waals surface area (Å²) < 4.78 is 5.19. The van der Waals surface area contributed by atoms with Gasteiger partial charge >= 0.3 is 0 Å². The maximum Gasteiger partial charge on any atom is 0.248 e. The SMILES string of the molecule is C(=Cc1ccccc1)[SiH2]OOc1ccccc1. The van der Waals surface area contributed by atoms with Crippen LogP contribution in [0.5, 0.6) is 5.75 Å². The van der Waals surface area contributed by atoms with Gasteiger partial charge < -0.3 is 4.89 Å². The molecule has 2 nitrogen and oxygen atoms in total. The van der Waals surface area contributed by atoms with Crippen molar-refractivity contribution in [2.45, 2.75) is 0 Å². The molecule has 3 heteroatoms. The third kappa shape index (κ3) is 4.26. The molecule has 0 aliphatic carbocycles. The minimum Gasteiger partial charge on any atom is -0.350 e. The third-order valence-corrected chi connectivity index (χ3v) is 2.85. The topological polar surface area (TPSA) is 18.5 Å². The molecular weight excluding hydrogens is 228 g/mol. The Bertz CT molecular complexity index is 454. The van der Waals surface area contributed by atoms with Crippen LogP contribution in [0.25, 0.3) is 6.08 Å². The van der Waals surface area contributed by atoms with Gasteiger partial charge in [0.15, 0.2) is 5.75 Å². The molecular formula is C14H14O2Si. The Hall–Kier alpha value is -1.84. The quantitative estimate of drug-likeness (QED) is 0.347. The van der Waals surface area contributed by atoms with E-state index in [4.69, 9.17) is 9.46 Å². The molecule has 0 unspecified atom stereocenters. The lowest BCUT2D eigenvalue weighted by atomic mass is 10.2. The summed E-state index contributed by atoms with van der Waals surface area (Å²) in [6.45, 7) is 0. The molecule has 0 fully saturated rings. The van der Waals surface area contributed by atoms with Crippen LogP contribution in [-0.2, 0) is 4.58 Å². The summed E-state index contributed by atoms with van der Waals surface area (Å²) in [6, 6.07) is 19.7. The van der Waals surface area contributed by atoms with Gasteiger partial charge in [-0.05, 0) is 17.7 Å². The molecule has 0 saturated carbocycles. The molecule has 0 saturated heterocycles. The van der Waals surface area contributed by atoms with Gasteiger partial charge in [-0.25, -0.2) is 4.58 Å². The van der Waals surface area contributed by atoms with E-state index < -0.39 is 9.76 Å². The fourth-order valence-corrected chi connectivity index (χ4v) is 2.02. The summed E-state index contributed by atoms with van der Waals surface area (Å²) in [6.07, 6.45) is 2.06. The average molecular weight is 242 g/mol. The fraction of sp³-hybridized carbons (Fsp3) is 0. The maximum atomic E-state index is 5.19. The van der Waals surface area contributed by atoms with Crippen molar-refractivity contribution in [3.8, 4) is 5.75 Å². The first-order valence-electron chi connectivity index (χ1n) is 5.51. The van der Waals surface area contributed by atoms with Gasteiger partial charge in [-0.2, -0.15) is 0 Å². The van der Waals surface area contributed by atoms with Gasteiger partial charge in [0, 0.05) is 0 Å². The lowest BCUT2D eigenvalue weighted by Gasteiger charge is -2.01. The van der Waals surface area contributed by atoms with Crippen LogP contribution in [0.4, 0.5) is 0 Å². The number of hydrogen-bond donors (Lipinski definition) is 0. The number of rotatable bonds is 5. The second-order valence-corrected chi connectivity index (χ2v) is 4.53. The Labute approximate surface area is 103 Å². The van der Waals surface area contributed by atoms with Crippen LogP contribution in [0.1, 0.15) is 5.56 Å². The zero-order valence-corrected chi connectivity index (χ0v) is 10.9. The first-order chi connectivity index (χ1) is 8.45. The van der Waals surface area contributed by atoms with Crippen LogP contribution < -0.4 is 4.89 Å². The van der Waals surface area contributed by atoms with E-state index in [0.717, 1.165) is 5.75 Å². The summed E-state index contributed by atoms with van der Waals surface area (Å²) in [4.78, 5) is 5.15. The maximum absolute atomic E-state index is 5.19. The molecule has 0 aliphatic rings. The first kappa shape index (κ1) is 11.6. The van der Waals surface area contributed by atoms with Crippen LogP contribution in [0.15, 0.2) is 66.4 Å². The highest BCUT2D eigenvalue weighted by molar-refractivity contribution is 6.35. The van der Waals surface area contributed by atoms with E-state index >= 15 is 0 Å². The lowest BCUT2D eigenvalue weighted by molar-refractivity contribution is -0.0973. The summed E-state index contributed by atoms with van der Waals surface area (Å²) in [7, 11) is -0.779. The molecule has 0 aliphatic heterocycles. The van der Waals surface area contributed by atoms with Crippen molar-refractivity contribution in [3.05, 3.63) is 71.9 Å². The van der Waals surface area contributed by atoms with Gasteiger partial charge in [0.1, 0.15) is 0 Å². The van der Waals surface area contributed by atoms with Gasteiger partial charge in [-0.15, -0.1) is 0 Å². The summed E-state index contributed by atoms with van der Waals surface area (Å²) >= 11 is 0. The van der Waals surface area contributed by atoms with Crippen molar-refractivity contribution in [1.29, 1.82) is 0 Å². The number of benzene rings is 2. The average Bonchev–Trinajstić information content (AvgIpc) is 2.41. The molecule has 17 heavy (non-hydrogen) atoms. The predicted octanol–water partition coefficient (Wildman–Crippen LogP) is 2.75. The van der Waals surface area contributed by atoms with Crippen molar-refractivity contribution in [2.24, 2.45) is 0 Å². The molecule has 0 N–H and O–H groups in total. The summed E-state index contributed by atoms with van der Waals surface area (Å²) in [5.74, 6) is 0.744. The van der Waals surface area contributed by atoms with Crippen molar-refractivity contribution >= 4 is 15.8 Å². The highest BCUT2D eigenvalue weighted by Gasteiger charge is 1.90. The zero-order chi connectivity index (χ0) is 11.8. The molecule has 0 aromatic heterocycles. The van der Waals surface area contributed by atoms with Gasteiger partial charge in [-0.3, -0.25) is 0 Å². The molecule has 2 aromatic carbocycles. The Balaban J connectivity index is 1.72. The van der Waals surface area contributed by atoms with E-state index in [9.17, 15) is 0 Å². The van der Waals surface area contributed by atoms with Gasteiger partial charge in [0.05, 0.1) is 0 Å². The molecule has 0 atom stereocenters. The second-order valence-electron chi connectivity index (χ2n) is 3.49. The molecule has 0 bridgehead atoms. The Kier molecular flexibility index (Phi) is 4.57. The van der Waals surface area contributed by atoms with E-state index in [1.54, 1.807) is 0 Å². The predicted molar refractivity (Wildman–Crippen MR) is 72.2 cm³/mol. The first-order valence-corrected chi connectivity index (χ1v) is 6.90. The normalized spacial score (nSPS) is 11.3. The van der Waals surface area contributed by atoms with Gasteiger partial charge in [-0.1, -0.05) is 60.3 Å². The van der Waals surface area contributed by atoms with Crippen molar-refractivity contribution < 1.29 is 9.46 Å². The zero-order valence-electron chi connectivity index (χ0n) is 9.45. The summed E-state index contributed by atoms with van der Waals surface area (Å²) in [5.41, 5.74) is 3.24. The van der Waals surface area contributed by atoms with Crippen LogP contribution in [0, 0.1) is 0 Å². The van der Waals surface area contributed by atoms with Crippen LogP contribution in [0.2, 0.25) is 0 Å². The monoisotopic (exact) mass is 242 g/mol. The Morgan fingerprint density at radius 1 is 0.824 bits per heavy atom. The molecule has 86 valence electrons. The minimum atomic E-state index is -0.779. The Morgan fingerprint density at radius 2 is 1.47 bits per heavy atom. The number of hydrogen-bond acceptors (Lipinski definition) is 2. The van der Waals surface area contributed by atoms with E-state index in [2.05, 4.69) is 23.9 Å². The van der Waals surface area contributed by atoms with E-state index in [1.807, 2.05) is 48.5 Å².